The van der Waals surface area contributed by atoms with Crippen LogP contribution in [0.25, 0.3) is 11.3 Å². The van der Waals surface area contributed by atoms with Crippen molar-refractivity contribution in [2.45, 2.75) is 38.1 Å². The molecule has 0 amide bonds. The standard InChI is InChI=1S/C22H19Cl2F3N4O/c23-16-9-4-10-17(20(16)24)29-19-12-18(30-21(31-19)28-14-6-1-2-7-14)13-5-3-8-15(11-13)32-22(25,26)27/h3-5,8-12,14H,1-2,6-7H2,(H2,28,29,30,31). The molecule has 10 heteroatoms. The number of hydrogen-bond acceptors (Lipinski definition) is 5. The molecule has 1 aromatic heterocycles. The van der Waals surface area contributed by atoms with Crippen LogP contribution >= 0.6 is 23.2 Å². The fourth-order valence-corrected chi connectivity index (χ4v) is 3.92. The molecular weight excluding hydrogens is 464 g/mol. The molecule has 1 saturated carbocycles. The summed E-state index contributed by atoms with van der Waals surface area (Å²) in [6, 6.07) is 12.7. The van der Waals surface area contributed by atoms with Crippen molar-refractivity contribution >= 4 is 40.7 Å². The van der Waals surface area contributed by atoms with Gasteiger partial charge >= 0.3 is 6.36 Å². The summed E-state index contributed by atoms with van der Waals surface area (Å²) in [5, 5.41) is 7.16. The Morgan fingerprint density at radius 1 is 0.969 bits per heavy atom. The van der Waals surface area contributed by atoms with Crippen molar-refractivity contribution in [1.29, 1.82) is 0 Å². The van der Waals surface area contributed by atoms with Crippen molar-refractivity contribution in [2.24, 2.45) is 0 Å². The summed E-state index contributed by atoms with van der Waals surface area (Å²) in [5.41, 5.74) is 1.42. The summed E-state index contributed by atoms with van der Waals surface area (Å²) in [6.07, 6.45) is -0.527. The van der Waals surface area contributed by atoms with Gasteiger partial charge in [0.1, 0.15) is 11.6 Å². The topological polar surface area (TPSA) is 59.1 Å². The van der Waals surface area contributed by atoms with Crippen molar-refractivity contribution in [3.63, 3.8) is 0 Å². The molecule has 0 saturated heterocycles. The summed E-state index contributed by atoms with van der Waals surface area (Å²) < 4.78 is 42.0. The maximum Gasteiger partial charge on any atom is 0.573 e. The zero-order chi connectivity index (χ0) is 22.7. The highest BCUT2D eigenvalue weighted by Crippen LogP contribution is 2.33. The maximum atomic E-state index is 12.7. The van der Waals surface area contributed by atoms with Gasteiger partial charge in [0, 0.05) is 17.7 Å². The number of benzene rings is 2. The number of anilines is 3. The number of nitrogens with zero attached hydrogens (tertiary/aromatic N) is 2. The van der Waals surface area contributed by atoms with Crippen LogP contribution in [0.3, 0.4) is 0 Å². The SMILES string of the molecule is FC(F)(F)Oc1cccc(-c2cc(Nc3cccc(Cl)c3Cl)nc(NC3CCCC3)n2)c1. The van der Waals surface area contributed by atoms with Gasteiger partial charge < -0.3 is 15.4 Å². The van der Waals surface area contributed by atoms with Crippen LogP contribution in [0, 0.1) is 0 Å². The molecule has 1 heterocycles. The van der Waals surface area contributed by atoms with Gasteiger partial charge in [0.15, 0.2) is 0 Å². The van der Waals surface area contributed by atoms with Gasteiger partial charge in [-0.2, -0.15) is 4.98 Å². The Hall–Kier alpha value is -2.71. The van der Waals surface area contributed by atoms with Crippen molar-refractivity contribution in [1.82, 2.24) is 9.97 Å². The smallest absolute Gasteiger partial charge is 0.406 e. The van der Waals surface area contributed by atoms with Crippen LogP contribution in [0.15, 0.2) is 48.5 Å². The number of halogens is 5. The normalized spacial score (nSPS) is 14.4. The summed E-state index contributed by atoms with van der Waals surface area (Å²) in [5.74, 6) is 0.463. The number of alkyl halides is 3. The Kier molecular flexibility index (Phi) is 6.62. The molecule has 4 rings (SSSR count). The van der Waals surface area contributed by atoms with E-state index >= 15 is 0 Å². The average molecular weight is 483 g/mol. The largest absolute Gasteiger partial charge is 0.573 e. The maximum absolute atomic E-state index is 12.7. The summed E-state index contributed by atoms with van der Waals surface area (Å²) in [7, 11) is 0. The Bertz CT molecular complexity index is 1100. The lowest BCUT2D eigenvalue weighted by Gasteiger charge is -2.16. The summed E-state index contributed by atoms with van der Waals surface area (Å²) >= 11 is 12.4. The molecule has 0 bridgehead atoms. The Balaban J connectivity index is 1.70. The van der Waals surface area contributed by atoms with Gasteiger partial charge in [-0.25, -0.2) is 4.98 Å². The van der Waals surface area contributed by atoms with Crippen LogP contribution in [-0.4, -0.2) is 22.4 Å². The van der Waals surface area contributed by atoms with Gasteiger partial charge in [0.05, 0.1) is 21.4 Å². The molecule has 1 aliphatic rings. The van der Waals surface area contributed by atoms with E-state index < -0.39 is 6.36 Å². The van der Waals surface area contributed by atoms with Crippen LogP contribution in [0.5, 0.6) is 5.75 Å². The highest BCUT2D eigenvalue weighted by atomic mass is 35.5. The predicted octanol–water partition coefficient (Wildman–Crippen LogP) is 7.45. The van der Waals surface area contributed by atoms with Crippen LogP contribution in [-0.2, 0) is 0 Å². The lowest BCUT2D eigenvalue weighted by molar-refractivity contribution is -0.274. The van der Waals surface area contributed by atoms with Gasteiger partial charge in [-0.1, -0.05) is 54.2 Å². The number of ether oxygens (including phenoxy) is 1. The molecule has 0 spiro atoms. The first-order valence-electron chi connectivity index (χ1n) is 10.00. The lowest BCUT2D eigenvalue weighted by atomic mass is 10.1. The summed E-state index contributed by atoms with van der Waals surface area (Å²) in [4.78, 5) is 9.05. The minimum Gasteiger partial charge on any atom is -0.406 e. The fourth-order valence-electron chi connectivity index (χ4n) is 3.57. The average Bonchev–Trinajstić information content (AvgIpc) is 3.23. The molecule has 5 nitrogen and oxygen atoms in total. The van der Waals surface area contributed by atoms with Crippen molar-refractivity contribution in [3.05, 3.63) is 58.6 Å². The molecule has 3 aromatic rings. The highest BCUT2D eigenvalue weighted by molar-refractivity contribution is 6.43. The minimum absolute atomic E-state index is 0.243. The number of aromatic nitrogens is 2. The van der Waals surface area contributed by atoms with E-state index in [0.717, 1.165) is 25.7 Å². The Labute approximate surface area is 192 Å². The van der Waals surface area contributed by atoms with E-state index in [-0.39, 0.29) is 11.8 Å². The Morgan fingerprint density at radius 2 is 1.72 bits per heavy atom. The fraction of sp³-hybridized carbons (Fsp3) is 0.273. The molecule has 1 fully saturated rings. The van der Waals surface area contributed by atoms with Crippen molar-refractivity contribution in [2.75, 3.05) is 10.6 Å². The molecule has 32 heavy (non-hydrogen) atoms. The van der Waals surface area contributed by atoms with Crippen molar-refractivity contribution < 1.29 is 17.9 Å². The Morgan fingerprint density at radius 3 is 2.47 bits per heavy atom. The van der Waals surface area contributed by atoms with E-state index in [9.17, 15) is 13.2 Å². The second-order valence-corrected chi connectivity index (χ2v) is 8.17. The highest BCUT2D eigenvalue weighted by Gasteiger charge is 2.31. The van der Waals surface area contributed by atoms with Crippen LogP contribution < -0.4 is 15.4 Å². The zero-order valence-corrected chi connectivity index (χ0v) is 18.2. The van der Waals surface area contributed by atoms with Crippen LogP contribution in [0.4, 0.5) is 30.6 Å². The minimum atomic E-state index is -4.78. The molecule has 1 aliphatic carbocycles. The monoisotopic (exact) mass is 482 g/mol. The third-order valence-electron chi connectivity index (χ3n) is 4.99. The van der Waals surface area contributed by atoms with Gasteiger partial charge in [-0.3, -0.25) is 0 Å². The second kappa shape index (κ2) is 9.42. The van der Waals surface area contributed by atoms with E-state index in [0.29, 0.717) is 38.8 Å². The summed E-state index contributed by atoms with van der Waals surface area (Å²) in [6.45, 7) is 0. The molecule has 2 aromatic carbocycles. The second-order valence-electron chi connectivity index (χ2n) is 7.39. The molecule has 0 radical (unpaired) electrons. The van der Waals surface area contributed by atoms with E-state index in [4.69, 9.17) is 23.2 Å². The lowest BCUT2D eigenvalue weighted by Crippen LogP contribution is -2.17. The molecule has 168 valence electrons. The first-order valence-corrected chi connectivity index (χ1v) is 10.8. The third kappa shape index (κ3) is 5.75. The van der Waals surface area contributed by atoms with E-state index in [2.05, 4.69) is 25.3 Å². The molecule has 0 unspecified atom stereocenters. The number of rotatable bonds is 6. The van der Waals surface area contributed by atoms with Gasteiger partial charge in [0.2, 0.25) is 5.95 Å². The first-order chi connectivity index (χ1) is 15.3. The van der Waals surface area contributed by atoms with Gasteiger partial charge in [-0.05, 0) is 37.1 Å². The number of nitrogens with one attached hydrogen (secondary N) is 2. The predicted molar refractivity (Wildman–Crippen MR) is 120 cm³/mol. The molecular formula is C22H19Cl2F3N4O. The van der Waals surface area contributed by atoms with Gasteiger partial charge in [-0.15, -0.1) is 13.2 Å². The first kappa shape index (κ1) is 22.5. The molecule has 0 atom stereocenters. The quantitative estimate of drug-likeness (QED) is 0.382. The molecule has 0 aliphatic heterocycles. The van der Waals surface area contributed by atoms with E-state index in [1.807, 2.05) is 0 Å². The van der Waals surface area contributed by atoms with Crippen molar-refractivity contribution in [3.8, 4) is 17.0 Å². The van der Waals surface area contributed by atoms with E-state index in [1.165, 1.54) is 18.2 Å². The molecule has 2 N–H and O–H groups in total. The number of hydrogen-bond donors (Lipinski definition) is 2. The van der Waals surface area contributed by atoms with Crippen LogP contribution in [0.2, 0.25) is 10.0 Å². The van der Waals surface area contributed by atoms with E-state index in [1.54, 1.807) is 30.3 Å². The van der Waals surface area contributed by atoms with Gasteiger partial charge in [0.25, 0.3) is 0 Å². The van der Waals surface area contributed by atoms with Crippen LogP contribution in [0.1, 0.15) is 25.7 Å². The third-order valence-corrected chi connectivity index (χ3v) is 5.81. The zero-order valence-electron chi connectivity index (χ0n) is 16.7.